The van der Waals surface area contributed by atoms with Crippen molar-refractivity contribution < 1.29 is 5.11 Å². The van der Waals surface area contributed by atoms with Crippen LogP contribution in [-0.2, 0) is 6.54 Å². The lowest BCUT2D eigenvalue weighted by Crippen LogP contribution is -2.46. The molecule has 0 fully saturated rings. The number of nitrogens with one attached hydrogen (secondary N) is 1. The van der Waals surface area contributed by atoms with E-state index in [0.29, 0.717) is 13.1 Å². The Morgan fingerprint density at radius 1 is 1.41 bits per heavy atom. The van der Waals surface area contributed by atoms with Gasteiger partial charge in [-0.15, -0.1) is 24.0 Å². The van der Waals surface area contributed by atoms with Crippen molar-refractivity contribution in [2.24, 2.45) is 4.99 Å². The van der Waals surface area contributed by atoms with Gasteiger partial charge in [0.25, 0.3) is 0 Å². The minimum Gasteiger partial charge on any atom is -0.389 e. The molecule has 0 saturated carbocycles. The number of rotatable bonds is 2. The lowest BCUT2D eigenvalue weighted by Gasteiger charge is -2.28. The Hall–Kier alpha value is -0.820. The minimum absolute atomic E-state index is 0. The largest absolute Gasteiger partial charge is 0.389 e. The van der Waals surface area contributed by atoms with E-state index < -0.39 is 0 Å². The van der Waals surface area contributed by atoms with E-state index in [9.17, 15) is 5.11 Å². The Labute approximate surface area is 119 Å². The Kier molecular flexibility index (Phi) is 5.70. The van der Waals surface area contributed by atoms with Gasteiger partial charge in [0, 0.05) is 20.1 Å². The highest BCUT2D eigenvalue weighted by molar-refractivity contribution is 14.0. The molecular formula is C12H18IN3O. The van der Waals surface area contributed by atoms with Crippen LogP contribution < -0.4 is 5.32 Å². The Bertz CT molecular complexity index is 369. The van der Waals surface area contributed by atoms with Crippen molar-refractivity contribution in [1.29, 1.82) is 0 Å². The van der Waals surface area contributed by atoms with Crippen LogP contribution in [-0.4, -0.2) is 42.2 Å². The number of hydrogen-bond donors (Lipinski definition) is 2. The van der Waals surface area contributed by atoms with Gasteiger partial charge in [0.15, 0.2) is 5.96 Å². The summed E-state index contributed by atoms with van der Waals surface area (Å²) in [6, 6.07) is 10.2. The zero-order valence-electron chi connectivity index (χ0n) is 9.84. The first kappa shape index (κ1) is 14.2. The molecule has 17 heavy (non-hydrogen) atoms. The van der Waals surface area contributed by atoms with Crippen molar-refractivity contribution in [2.45, 2.75) is 12.6 Å². The smallest absolute Gasteiger partial charge is 0.194 e. The summed E-state index contributed by atoms with van der Waals surface area (Å²) in [5.74, 6) is 0.856. The van der Waals surface area contributed by atoms with Crippen molar-refractivity contribution in [3.8, 4) is 0 Å². The SMILES string of the molecule is CN1CC(O)CN=C1NCc1ccccc1.I. The maximum Gasteiger partial charge on any atom is 0.194 e. The maximum atomic E-state index is 9.41. The van der Waals surface area contributed by atoms with Crippen LogP contribution in [0.1, 0.15) is 5.56 Å². The third-order valence-electron chi connectivity index (χ3n) is 2.59. The molecule has 0 spiro atoms. The molecule has 1 aliphatic rings. The molecule has 0 amide bonds. The van der Waals surface area contributed by atoms with Gasteiger partial charge in [0.2, 0.25) is 0 Å². The molecule has 1 heterocycles. The van der Waals surface area contributed by atoms with Crippen molar-refractivity contribution >= 4 is 29.9 Å². The van der Waals surface area contributed by atoms with Gasteiger partial charge in [-0.1, -0.05) is 30.3 Å². The highest BCUT2D eigenvalue weighted by atomic mass is 127. The zero-order chi connectivity index (χ0) is 11.4. The van der Waals surface area contributed by atoms with Crippen molar-refractivity contribution in [2.75, 3.05) is 20.1 Å². The van der Waals surface area contributed by atoms with E-state index in [0.717, 1.165) is 12.5 Å². The third-order valence-corrected chi connectivity index (χ3v) is 2.59. The Morgan fingerprint density at radius 3 is 2.76 bits per heavy atom. The second kappa shape index (κ2) is 6.80. The quantitative estimate of drug-likeness (QED) is 0.787. The molecule has 1 aromatic rings. The van der Waals surface area contributed by atoms with Gasteiger partial charge >= 0.3 is 0 Å². The summed E-state index contributed by atoms with van der Waals surface area (Å²) in [5.41, 5.74) is 1.23. The summed E-state index contributed by atoms with van der Waals surface area (Å²) in [5, 5.41) is 12.7. The normalized spacial score (nSPS) is 19.3. The summed E-state index contributed by atoms with van der Waals surface area (Å²) in [6.45, 7) is 1.89. The molecule has 0 bridgehead atoms. The molecule has 0 saturated heterocycles. The van der Waals surface area contributed by atoms with Crippen molar-refractivity contribution in [1.82, 2.24) is 10.2 Å². The fourth-order valence-electron chi connectivity index (χ4n) is 1.74. The van der Waals surface area contributed by atoms with Gasteiger partial charge in [0.05, 0.1) is 12.6 Å². The maximum absolute atomic E-state index is 9.41. The molecule has 4 nitrogen and oxygen atoms in total. The lowest BCUT2D eigenvalue weighted by molar-refractivity contribution is 0.146. The van der Waals surface area contributed by atoms with Crippen LogP contribution in [0.15, 0.2) is 35.3 Å². The van der Waals surface area contributed by atoms with Crippen LogP contribution in [0.25, 0.3) is 0 Å². The molecule has 5 heteroatoms. The first-order chi connectivity index (χ1) is 7.75. The fourth-order valence-corrected chi connectivity index (χ4v) is 1.74. The van der Waals surface area contributed by atoms with E-state index in [-0.39, 0.29) is 30.1 Å². The molecule has 0 radical (unpaired) electrons. The summed E-state index contributed by atoms with van der Waals surface area (Å²) in [4.78, 5) is 6.23. The third kappa shape index (κ3) is 4.16. The van der Waals surface area contributed by atoms with Gasteiger partial charge < -0.3 is 15.3 Å². The fraction of sp³-hybridized carbons (Fsp3) is 0.417. The topological polar surface area (TPSA) is 47.9 Å². The molecule has 94 valence electrons. The van der Waals surface area contributed by atoms with Gasteiger partial charge in [-0.2, -0.15) is 0 Å². The number of guanidine groups is 1. The number of aliphatic hydroxyl groups excluding tert-OH is 1. The number of hydrogen-bond acceptors (Lipinski definition) is 4. The molecule has 1 aliphatic heterocycles. The first-order valence-corrected chi connectivity index (χ1v) is 5.47. The predicted molar refractivity (Wildman–Crippen MR) is 79.6 cm³/mol. The van der Waals surface area contributed by atoms with Crippen LogP contribution in [0.3, 0.4) is 0 Å². The summed E-state index contributed by atoms with van der Waals surface area (Å²) in [7, 11) is 1.93. The Balaban J connectivity index is 0.00000144. The average molecular weight is 347 g/mol. The van der Waals surface area contributed by atoms with Gasteiger partial charge in [-0.05, 0) is 5.56 Å². The van der Waals surface area contributed by atoms with E-state index in [1.54, 1.807) is 0 Å². The van der Waals surface area contributed by atoms with Gasteiger partial charge in [-0.3, -0.25) is 4.99 Å². The first-order valence-electron chi connectivity index (χ1n) is 5.47. The van der Waals surface area contributed by atoms with E-state index in [2.05, 4.69) is 22.4 Å². The van der Waals surface area contributed by atoms with E-state index in [1.807, 2.05) is 30.1 Å². The van der Waals surface area contributed by atoms with Gasteiger partial charge in [0.1, 0.15) is 0 Å². The standard InChI is InChI=1S/C12H17N3O.HI/c1-15-9-11(16)8-14-12(15)13-7-10-5-3-2-4-6-10;/h2-6,11,16H,7-9H2,1H3,(H,13,14);1H. The van der Waals surface area contributed by atoms with Gasteiger partial charge in [-0.25, -0.2) is 0 Å². The molecule has 2 rings (SSSR count). The van der Waals surface area contributed by atoms with E-state index in [1.165, 1.54) is 5.56 Å². The molecule has 1 aromatic carbocycles. The summed E-state index contributed by atoms with van der Waals surface area (Å²) >= 11 is 0. The second-order valence-corrected chi connectivity index (χ2v) is 4.04. The highest BCUT2D eigenvalue weighted by Crippen LogP contribution is 2.02. The van der Waals surface area contributed by atoms with E-state index >= 15 is 0 Å². The molecule has 0 aliphatic carbocycles. The molecular weight excluding hydrogens is 329 g/mol. The van der Waals surface area contributed by atoms with Crippen LogP contribution in [0.2, 0.25) is 0 Å². The Morgan fingerprint density at radius 2 is 2.12 bits per heavy atom. The number of likely N-dealkylation sites (N-methyl/N-ethyl adjacent to an activating group) is 1. The average Bonchev–Trinajstić information content (AvgIpc) is 2.29. The highest BCUT2D eigenvalue weighted by Gasteiger charge is 2.16. The lowest BCUT2D eigenvalue weighted by atomic mass is 10.2. The summed E-state index contributed by atoms with van der Waals surface area (Å²) < 4.78 is 0. The minimum atomic E-state index is -0.340. The number of β-amino-alcohol motifs (C(OH)–C–C–N with tert-alkyl or cyclic N) is 1. The second-order valence-electron chi connectivity index (χ2n) is 4.04. The number of aliphatic imine (C=N–C) groups is 1. The number of aliphatic hydroxyl groups is 1. The zero-order valence-corrected chi connectivity index (χ0v) is 12.2. The van der Waals surface area contributed by atoms with Crippen molar-refractivity contribution in [3.05, 3.63) is 35.9 Å². The molecule has 1 unspecified atom stereocenters. The molecule has 2 N–H and O–H groups in total. The monoisotopic (exact) mass is 347 g/mol. The van der Waals surface area contributed by atoms with Crippen LogP contribution in [0.4, 0.5) is 0 Å². The summed E-state index contributed by atoms with van der Waals surface area (Å²) in [6.07, 6.45) is -0.340. The van der Waals surface area contributed by atoms with Crippen LogP contribution in [0.5, 0.6) is 0 Å². The predicted octanol–water partition coefficient (Wildman–Crippen LogP) is 1.06. The van der Waals surface area contributed by atoms with Crippen molar-refractivity contribution in [3.63, 3.8) is 0 Å². The van der Waals surface area contributed by atoms with Crippen LogP contribution >= 0.6 is 24.0 Å². The number of nitrogens with zero attached hydrogens (tertiary/aromatic N) is 2. The molecule has 0 aromatic heterocycles. The number of benzene rings is 1. The number of halogens is 1. The molecule has 1 atom stereocenters. The van der Waals surface area contributed by atoms with Crippen LogP contribution in [0, 0.1) is 0 Å². The van der Waals surface area contributed by atoms with E-state index in [4.69, 9.17) is 0 Å².